The highest BCUT2D eigenvalue weighted by Gasteiger charge is 2.16. The van der Waals surface area contributed by atoms with Crippen LogP contribution in [-0.4, -0.2) is 22.2 Å². The van der Waals surface area contributed by atoms with Crippen LogP contribution < -0.4 is 5.43 Å². The monoisotopic (exact) mass is 275 g/mol. The van der Waals surface area contributed by atoms with E-state index in [0.29, 0.717) is 5.56 Å². The van der Waals surface area contributed by atoms with Crippen molar-refractivity contribution in [2.24, 2.45) is 5.10 Å². The molecule has 1 aromatic carbocycles. The van der Waals surface area contributed by atoms with Crippen molar-refractivity contribution >= 4 is 18.0 Å². The number of nitrogens with zero attached hydrogens (tertiary/aromatic N) is 2. The first-order chi connectivity index (χ1) is 9.58. The Balaban J connectivity index is 2.01. The quantitative estimate of drug-likeness (QED) is 0.499. The third kappa shape index (κ3) is 2.99. The number of hydrogen-bond donors (Lipinski definition) is 2. The molecule has 0 radical (unpaired) electrons. The molecule has 2 rings (SSSR count). The molecule has 102 valence electrons. The Labute approximate surface area is 112 Å². The summed E-state index contributed by atoms with van der Waals surface area (Å²) in [7, 11) is 0. The molecule has 8 heteroatoms. The number of nitro groups is 1. The Morgan fingerprint density at radius 3 is 2.75 bits per heavy atom. The van der Waals surface area contributed by atoms with Crippen LogP contribution in [0.3, 0.4) is 0 Å². The van der Waals surface area contributed by atoms with Crippen molar-refractivity contribution in [2.45, 2.75) is 0 Å². The molecule has 20 heavy (non-hydrogen) atoms. The predicted molar refractivity (Wildman–Crippen MR) is 68.5 cm³/mol. The Hall–Kier alpha value is -3.16. The summed E-state index contributed by atoms with van der Waals surface area (Å²) in [5.74, 6) is -1.48. The summed E-state index contributed by atoms with van der Waals surface area (Å²) < 4.78 is 4.70. The molecule has 0 aliphatic carbocycles. The van der Waals surface area contributed by atoms with Crippen LogP contribution in [0.25, 0.3) is 0 Å². The molecule has 2 aromatic rings. The smallest absolute Gasteiger partial charge is 0.433 e. The first-order valence-corrected chi connectivity index (χ1v) is 5.43. The second-order valence-electron chi connectivity index (χ2n) is 3.65. The van der Waals surface area contributed by atoms with Gasteiger partial charge in [0.2, 0.25) is 5.76 Å². The van der Waals surface area contributed by atoms with Crippen LogP contribution in [0.4, 0.5) is 5.88 Å². The zero-order valence-corrected chi connectivity index (χ0v) is 10.0. The van der Waals surface area contributed by atoms with Crippen molar-refractivity contribution in [1.82, 2.24) is 5.43 Å². The van der Waals surface area contributed by atoms with Crippen molar-refractivity contribution in [2.75, 3.05) is 0 Å². The molecular formula is C12H9N3O5. The van der Waals surface area contributed by atoms with Crippen LogP contribution in [0.5, 0.6) is 5.75 Å². The van der Waals surface area contributed by atoms with E-state index in [1.165, 1.54) is 18.3 Å². The zero-order chi connectivity index (χ0) is 14.5. The van der Waals surface area contributed by atoms with Gasteiger partial charge >= 0.3 is 11.8 Å². The summed E-state index contributed by atoms with van der Waals surface area (Å²) >= 11 is 0. The summed E-state index contributed by atoms with van der Waals surface area (Å²) in [4.78, 5) is 21.2. The molecular weight excluding hydrogens is 266 g/mol. The molecule has 0 bridgehead atoms. The minimum absolute atomic E-state index is 0.0131. The number of amides is 1. The fraction of sp³-hybridized carbons (Fsp3) is 0. The number of carbonyl (C=O) groups excluding carboxylic acids is 1. The van der Waals surface area contributed by atoms with Crippen molar-refractivity contribution in [3.05, 3.63) is 57.8 Å². The van der Waals surface area contributed by atoms with Gasteiger partial charge in [-0.15, -0.1) is 0 Å². The van der Waals surface area contributed by atoms with Gasteiger partial charge in [-0.25, -0.2) is 5.43 Å². The number of nitrogens with one attached hydrogen (secondary N) is 1. The van der Waals surface area contributed by atoms with Crippen LogP contribution in [0.2, 0.25) is 0 Å². The van der Waals surface area contributed by atoms with Crippen molar-refractivity contribution in [1.29, 1.82) is 0 Å². The van der Waals surface area contributed by atoms with Gasteiger partial charge in [-0.3, -0.25) is 14.9 Å². The number of hydrazone groups is 1. The molecule has 8 nitrogen and oxygen atoms in total. The predicted octanol–water partition coefficient (Wildman–Crippen LogP) is 1.66. The minimum Gasteiger partial charge on any atom is -0.507 e. The topological polar surface area (TPSA) is 118 Å². The zero-order valence-electron chi connectivity index (χ0n) is 10.0. The van der Waals surface area contributed by atoms with Gasteiger partial charge in [-0.2, -0.15) is 5.10 Å². The summed E-state index contributed by atoms with van der Waals surface area (Å²) in [6, 6.07) is 8.65. The lowest BCUT2D eigenvalue weighted by atomic mass is 10.2. The molecule has 0 saturated carbocycles. The fourth-order valence-corrected chi connectivity index (χ4v) is 1.36. The van der Waals surface area contributed by atoms with E-state index < -0.39 is 16.7 Å². The van der Waals surface area contributed by atoms with Gasteiger partial charge in [0.05, 0.1) is 12.3 Å². The summed E-state index contributed by atoms with van der Waals surface area (Å²) in [5.41, 5.74) is 2.54. The maximum Gasteiger partial charge on any atom is 0.433 e. The first kappa shape index (κ1) is 13.3. The largest absolute Gasteiger partial charge is 0.507 e. The number of hydrogen-bond acceptors (Lipinski definition) is 6. The van der Waals surface area contributed by atoms with Gasteiger partial charge in [0, 0.05) is 5.56 Å². The number of phenols is 1. The molecule has 1 amide bonds. The molecule has 0 aliphatic rings. The highest BCUT2D eigenvalue weighted by atomic mass is 16.6. The average molecular weight is 275 g/mol. The maximum absolute atomic E-state index is 11.6. The normalized spacial score (nSPS) is 10.6. The highest BCUT2D eigenvalue weighted by molar-refractivity contribution is 5.92. The lowest BCUT2D eigenvalue weighted by molar-refractivity contribution is -0.402. The molecule has 0 aliphatic heterocycles. The van der Waals surface area contributed by atoms with E-state index in [1.54, 1.807) is 18.2 Å². The molecule has 1 aromatic heterocycles. The van der Waals surface area contributed by atoms with E-state index in [2.05, 4.69) is 10.5 Å². The van der Waals surface area contributed by atoms with Gasteiger partial charge in [-0.05, 0) is 18.2 Å². The van der Waals surface area contributed by atoms with E-state index in [9.17, 15) is 20.0 Å². The number of carbonyl (C=O) groups is 1. The number of rotatable bonds is 4. The van der Waals surface area contributed by atoms with Crippen LogP contribution in [0, 0.1) is 10.1 Å². The third-order valence-corrected chi connectivity index (χ3v) is 2.30. The van der Waals surface area contributed by atoms with E-state index in [0.717, 1.165) is 6.07 Å². The molecule has 0 saturated heterocycles. The van der Waals surface area contributed by atoms with Gasteiger partial charge in [-0.1, -0.05) is 12.1 Å². The Morgan fingerprint density at radius 1 is 1.35 bits per heavy atom. The maximum atomic E-state index is 11.6. The summed E-state index contributed by atoms with van der Waals surface area (Å²) in [6.45, 7) is 0. The first-order valence-electron chi connectivity index (χ1n) is 5.43. The van der Waals surface area contributed by atoms with Crippen LogP contribution in [0.1, 0.15) is 16.1 Å². The summed E-state index contributed by atoms with van der Waals surface area (Å²) in [5, 5.41) is 23.5. The van der Waals surface area contributed by atoms with Crippen LogP contribution in [-0.2, 0) is 0 Å². The fourth-order valence-electron chi connectivity index (χ4n) is 1.36. The average Bonchev–Trinajstić information content (AvgIpc) is 2.91. The lowest BCUT2D eigenvalue weighted by Crippen LogP contribution is -2.16. The van der Waals surface area contributed by atoms with Crippen molar-refractivity contribution in [3.63, 3.8) is 0 Å². The second kappa shape index (κ2) is 5.65. The SMILES string of the molecule is O=C(NN=Cc1ccccc1O)c1ccc([N+](=O)[O-])o1. The number of benzene rings is 1. The number of phenolic OH excluding ortho intramolecular Hbond substituents is 1. The van der Waals surface area contributed by atoms with E-state index in [4.69, 9.17) is 4.42 Å². The van der Waals surface area contributed by atoms with Gasteiger partial charge < -0.3 is 9.52 Å². The van der Waals surface area contributed by atoms with Gasteiger partial charge in [0.1, 0.15) is 10.7 Å². The minimum atomic E-state index is -0.748. The molecule has 0 atom stereocenters. The van der Waals surface area contributed by atoms with Crippen LogP contribution >= 0.6 is 0 Å². The molecule has 0 unspecified atom stereocenters. The number of furan rings is 1. The van der Waals surface area contributed by atoms with E-state index in [1.807, 2.05) is 0 Å². The molecule has 1 heterocycles. The van der Waals surface area contributed by atoms with Crippen molar-refractivity contribution in [3.8, 4) is 5.75 Å². The van der Waals surface area contributed by atoms with Gasteiger partial charge in [0.15, 0.2) is 0 Å². The summed E-state index contributed by atoms with van der Waals surface area (Å²) in [6.07, 6.45) is 1.24. The van der Waals surface area contributed by atoms with Crippen LogP contribution in [0.15, 0.2) is 45.9 Å². The Kier molecular flexibility index (Phi) is 3.75. The second-order valence-corrected chi connectivity index (χ2v) is 3.65. The third-order valence-electron chi connectivity index (χ3n) is 2.30. The highest BCUT2D eigenvalue weighted by Crippen LogP contribution is 2.15. The van der Waals surface area contributed by atoms with E-state index in [-0.39, 0.29) is 11.5 Å². The van der Waals surface area contributed by atoms with Crippen molar-refractivity contribution < 1.29 is 19.2 Å². The molecule has 0 spiro atoms. The lowest BCUT2D eigenvalue weighted by Gasteiger charge is -1.97. The van der Waals surface area contributed by atoms with Gasteiger partial charge in [0.25, 0.3) is 0 Å². The molecule has 2 N–H and O–H groups in total. The Bertz CT molecular complexity index is 677. The molecule has 0 fully saturated rings. The number of para-hydroxylation sites is 1. The Morgan fingerprint density at radius 2 is 2.10 bits per heavy atom. The van der Waals surface area contributed by atoms with E-state index >= 15 is 0 Å². The number of aromatic hydroxyl groups is 1. The standard InChI is InChI=1S/C12H9N3O5/c16-9-4-2-1-3-8(9)7-13-14-12(17)10-5-6-11(20-10)15(18)19/h1-7,16H,(H,14,17).